The van der Waals surface area contributed by atoms with Gasteiger partial charge in [-0.1, -0.05) is 0 Å². The molecule has 2 amide bonds. The quantitative estimate of drug-likeness (QED) is 0.607. The lowest BCUT2D eigenvalue weighted by atomic mass is 9.81. The van der Waals surface area contributed by atoms with Crippen molar-refractivity contribution in [3.63, 3.8) is 0 Å². The van der Waals surface area contributed by atoms with E-state index < -0.39 is 12.1 Å². The van der Waals surface area contributed by atoms with Crippen LogP contribution in [0.3, 0.4) is 0 Å². The number of hydrogen-bond acceptors (Lipinski definition) is 5. The van der Waals surface area contributed by atoms with Crippen LogP contribution in [-0.4, -0.2) is 67.3 Å². The molecule has 0 aromatic carbocycles. The summed E-state index contributed by atoms with van der Waals surface area (Å²) in [5.41, 5.74) is 0.157. The molecule has 0 bridgehead atoms. The SMILES string of the molecule is COCCNC(=O)c1ncccc1OC[C@H]1CCCN1C(=O)C1CCC(C(F)(F)F)CC1. The van der Waals surface area contributed by atoms with E-state index in [-0.39, 0.29) is 61.8 Å². The summed E-state index contributed by atoms with van der Waals surface area (Å²) in [4.78, 5) is 31.2. The Bertz CT molecular complexity index is 782. The van der Waals surface area contributed by atoms with Crippen LogP contribution in [0.25, 0.3) is 0 Å². The second kappa shape index (κ2) is 11.0. The molecule has 1 saturated carbocycles. The summed E-state index contributed by atoms with van der Waals surface area (Å²) in [6, 6.07) is 3.14. The molecule has 1 saturated heterocycles. The van der Waals surface area contributed by atoms with Crippen LogP contribution >= 0.6 is 0 Å². The van der Waals surface area contributed by atoms with Gasteiger partial charge in [0, 0.05) is 32.3 Å². The Hall–Kier alpha value is -2.36. The lowest BCUT2D eigenvalue weighted by molar-refractivity contribution is -0.185. The van der Waals surface area contributed by atoms with E-state index in [9.17, 15) is 22.8 Å². The number of ether oxygens (including phenoxy) is 2. The van der Waals surface area contributed by atoms with Gasteiger partial charge in [-0.3, -0.25) is 9.59 Å². The van der Waals surface area contributed by atoms with Crippen LogP contribution in [0.2, 0.25) is 0 Å². The average molecular weight is 457 g/mol. The van der Waals surface area contributed by atoms with Crippen molar-refractivity contribution >= 4 is 11.8 Å². The molecule has 10 heteroatoms. The number of halogens is 3. The Kier molecular flexibility index (Phi) is 8.33. The Morgan fingerprint density at radius 1 is 1.22 bits per heavy atom. The fourth-order valence-corrected chi connectivity index (χ4v) is 4.42. The van der Waals surface area contributed by atoms with Gasteiger partial charge in [0.1, 0.15) is 6.61 Å². The minimum Gasteiger partial charge on any atom is -0.489 e. The zero-order valence-electron chi connectivity index (χ0n) is 18.2. The molecule has 1 N–H and O–H groups in total. The zero-order valence-corrected chi connectivity index (χ0v) is 18.2. The minimum absolute atomic E-state index is 0.00609. The maximum Gasteiger partial charge on any atom is 0.391 e. The number of carbonyl (C=O) groups is 2. The smallest absolute Gasteiger partial charge is 0.391 e. The summed E-state index contributed by atoms with van der Waals surface area (Å²) in [5.74, 6) is -1.80. The number of pyridine rings is 1. The first-order valence-electron chi connectivity index (χ1n) is 11.0. The molecule has 178 valence electrons. The molecule has 0 spiro atoms. The minimum atomic E-state index is -4.19. The highest BCUT2D eigenvalue weighted by Crippen LogP contribution is 2.40. The normalized spacial score (nSPS) is 23.8. The van der Waals surface area contributed by atoms with E-state index >= 15 is 0 Å². The van der Waals surface area contributed by atoms with Crippen molar-refractivity contribution in [1.29, 1.82) is 0 Å². The van der Waals surface area contributed by atoms with Crippen LogP contribution in [0.4, 0.5) is 13.2 Å². The summed E-state index contributed by atoms with van der Waals surface area (Å²) >= 11 is 0. The molecule has 3 rings (SSSR count). The van der Waals surface area contributed by atoms with E-state index in [1.165, 1.54) is 13.3 Å². The van der Waals surface area contributed by atoms with Crippen LogP contribution in [0.5, 0.6) is 5.75 Å². The molecule has 32 heavy (non-hydrogen) atoms. The number of alkyl halides is 3. The van der Waals surface area contributed by atoms with Gasteiger partial charge < -0.3 is 19.7 Å². The number of carbonyl (C=O) groups excluding carboxylic acids is 2. The second-order valence-electron chi connectivity index (χ2n) is 8.33. The van der Waals surface area contributed by atoms with Crippen molar-refractivity contribution in [2.75, 3.05) is 33.4 Å². The summed E-state index contributed by atoms with van der Waals surface area (Å²) in [6.45, 7) is 1.49. The molecule has 2 fully saturated rings. The summed E-state index contributed by atoms with van der Waals surface area (Å²) < 4.78 is 49.6. The Morgan fingerprint density at radius 3 is 2.66 bits per heavy atom. The molecule has 2 aliphatic rings. The molecular formula is C22H30F3N3O4. The number of nitrogens with zero attached hydrogens (tertiary/aromatic N) is 2. The van der Waals surface area contributed by atoms with E-state index in [0.29, 0.717) is 25.4 Å². The van der Waals surface area contributed by atoms with Crippen molar-refractivity contribution in [1.82, 2.24) is 15.2 Å². The van der Waals surface area contributed by atoms with Gasteiger partial charge in [0.15, 0.2) is 11.4 Å². The van der Waals surface area contributed by atoms with Gasteiger partial charge in [-0.05, 0) is 50.7 Å². The van der Waals surface area contributed by atoms with Crippen LogP contribution in [-0.2, 0) is 9.53 Å². The fraction of sp³-hybridized carbons (Fsp3) is 0.682. The van der Waals surface area contributed by atoms with Crippen molar-refractivity contribution in [2.24, 2.45) is 11.8 Å². The standard InChI is InChI=1S/C22H30F3N3O4/c1-31-13-11-27-20(29)19-18(5-2-10-26-19)32-14-17-4-3-12-28(17)21(30)15-6-8-16(9-7-15)22(23,24)25/h2,5,10,15-17H,3-4,6-9,11-14H2,1H3,(H,27,29)/t15?,16?,17-/m1/s1. The first-order valence-corrected chi connectivity index (χ1v) is 11.0. The van der Waals surface area contributed by atoms with E-state index in [2.05, 4.69) is 10.3 Å². The number of methoxy groups -OCH3 is 1. The van der Waals surface area contributed by atoms with Crippen molar-refractivity contribution in [3.8, 4) is 5.75 Å². The molecule has 1 atom stereocenters. The summed E-state index contributed by atoms with van der Waals surface area (Å²) in [6.07, 6.45) is -0.578. The second-order valence-corrected chi connectivity index (χ2v) is 8.33. The van der Waals surface area contributed by atoms with E-state index in [0.717, 1.165) is 12.8 Å². The van der Waals surface area contributed by atoms with Crippen LogP contribution < -0.4 is 10.1 Å². The number of amides is 2. The van der Waals surface area contributed by atoms with Crippen molar-refractivity contribution in [3.05, 3.63) is 24.0 Å². The molecule has 1 aromatic heterocycles. The lowest BCUT2D eigenvalue weighted by Crippen LogP contribution is -2.44. The number of rotatable bonds is 8. The Morgan fingerprint density at radius 2 is 1.97 bits per heavy atom. The zero-order chi connectivity index (χ0) is 23.1. The Balaban J connectivity index is 1.56. The molecule has 1 aliphatic heterocycles. The molecule has 7 nitrogen and oxygen atoms in total. The Labute approximate surface area is 185 Å². The predicted octanol–water partition coefficient (Wildman–Crippen LogP) is 3.20. The number of nitrogens with one attached hydrogen (secondary N) is 1. The highest BCUT2D eigenvalue weighted by atomic mass is 19.4. The van der Waals surface area contributed by atoms with Gasteiger partial charge in [0.25, 0.3) is 5.91 Å². The predicted molar refractivity (Wildman–Crippen MR) is 110 cm³/mol. The van der Waals surface area contributed by atoms with Crippen molar-refractivity contribution < 1.29 is 32.2 Å². The van der Waals surface area contributed by atoms with Gasteiger partial charge >= 0.3 is 6.18 Å². The number of likely N-dealkylation sites (tertiary alicyclic amines) is 1. The van der Waals surface area contributed by atoms with Crippen LogP contribution in [0, 0.1) is 11.8 Å². The summed E-state index contributed by atoms with van der Waals surface area (Å²) in [5, 5.41) is 2.70. The third-order valence-electron chi connectivity index (χ3n) is 6.21. The van der Waals surface area contributed by atoms with Crippen LogP contribution in [0.15, 0.2) is 18.3 Å². The van der Waals surface area contributed by atoms with Crippen molar-refractivity contribution in [2.45, 2.75) is 50.7 Å². The van der Waals surface area contributed by atoms with E-state index in [4.69, 9.17) is 9.47 Å². The molecular weight excluding hydrogens is 427 g/mol. The molecule has 0 radical (unpaired) electrons. The van der Waals surface area contributed by atoms with Gasteiger partial charge in [-0.15, -0.1) is 0 Å². The first kappa shape index (κ1) is 24.3. The highest BCUT2D eigenvalue weighted by molar-refractivity contribution is 5.94. The monoisotopic (exact) mass is 457 g/mol. The fourth-order valence-electron chi connectivity index (χ4n) is 4.42. The maximum atomic E-state index is 13.0. The molecule has 2 heterocycles. The third-order valence-corrected chi connectivity index (χ3v) is 6.21. The molecule has 1 aliphatic carbocycles. The van der Waals surface area contributed by atoms with Gasteiger partial charge in [-0.2, -0.15) is 13.2 Å². The van der Waals surface area contributed by atoms with E-state index in [1.807, 2.05) is 0 Å². The van der Waals surface area contributed by atoms with Gasteiger partial charge in [-0.25, -0.2) is 4.98 Å². The van der Waals surface area contributed by atoms with E-state index in [1.54, 1.807) is 17.0 Å². The lowest BCUT2D eigenvalue weighted by Gasteiger charge is -2.33. The third kappa shape index (κ3) is 6.11. The highest BCUT2D eigenvalue weighted by Gasteiger charge is 2.44. The number of aromatic nitrogens is 1. The maximum absolute atomic E-state index is 13.0. The van der Waals surface area contributed by atoms with Crippen LogP contribution in [0.1, 0.15) is 49.0 Å². The summed E-state index contributed by atoms with van der Waals surface area (Å²) in [7, 11) is 1.54. The van der Waals surface area contributed by atoms with Gasteiger partial charge in [0.2, 0.25) is 5.91 Å². The topological polar surface area (TPSA) is 80.8 Å². The number of hydrogen-bond donors (Lipinski definition) is 1. The van der Waals surface area contributed by atoms with Gasteiger partial charge in [0.05, 0.1) is 18.6 Å². The first-order chi connectivity index (χ1) is 15.3. The molecule has 0 unspecified atom stereocenters. The largest absolute Gasteiger partial charge is 0.489 e. The average Bonchev–Trinajstić information content (AvgIpc) is 3.25. The molecule has 1 aromatic rings.